The van der Waals surface area contributed by atoms with Crippen LogP contribution in [0.5, 0.6) is 11.5 Å². The molecule has 9 nitrogen and oxygen atoms in total. The zero-order valence-electron chi connectivity index (χ0n) is 16.7. The van der Waals surface area contributed by atoms with E-state index in [-0.39, 0.29) is 41.1 Å². The van der Waals surface area contributed by atoms with Crippen molar-refractivity contribution in [1.82, 2.24) is 5.01 Å². The van der Waals surface area contributed by atoms with Gasteiger partial charge in [0.25, 0.3) is 0 Å². The minimum atomic E-state index is -0.832. The quantitative estimate of drug-likeness (QED) is 0.496. The molecule has 158 valence electrons. The van der Waals surface area contributed by atoms with Crippen LogP contribution in [0.1, 0.15) is 36.0 Å². The van der Waals surface area contributed by atoms with E-state index in [1.54, 1.807) is 36.4 Å². The van der Waals surface area contributed by atoms with Crippen LogP contribution in [-0.4, -0.2) is 34.3 Å². The number of hydrogen-bond acceptors (Lipinski definition) is 8. The summed E-state index contributed by atoms with van der Waals surface area (Å²) in [6, 6.07) is 12.8. The van der Waals surface area contributed by atoms with E-state index in [1.807, 2.05) is 0 Å². The molecule has 1 amide bonds. The molecule has 0 spiro atoms. The van der Waals surface area contributed by atoms with Crippen LogP contribution in [0.4, 0.5) is 0 Å². The van der Waals surface area contributed by atoms with Gasteiger partial charge in [-0.2, -0.15) is 5.01 Å². The van der Waals surface area contributed by atoms with Crippen LogP contribution in [0.15, 0.2) is 62.8 Å². The Morgan fingerprint density at radius 2 is 1.84 bits per heavy atom. The molecule has 1 aliphatic rings. The molecule has 2 heterocycles. The Labute approximate surface area is 176 Å². The van der Waals surface area contributed by atoms with Crippen molar-refractivity contribution in [2.75, 3.05) is 6.61 Å². The number of benzene rings is 2. The second-order valence-corrected chi connectivity index (χ2v) is 6.85. The molecular formula is C22H18N2O7. The molecule has 1 aromatic heterocycles. The molecule has 0 fully saturated rings. The second kappa shape index (κ2) is 7.94. The predicted octanol–water partition coefficient (Wildman–Crippen LogP) is 2.97. The summed E-state index contributed by atoms with van der Waals surface area (Å²) in [4.78, 5) is 36.4. The number of amides is 1. The molecule has 1 unspecified atom stereocenters. The Morgan fingerprint density at radius 1 is 1.13 bits per heavy atom. The maximum absolute atomic E-state index is 12.3. The van der Waals surface area contributed by atoms with Gasteiger partial charge in [0.2, 0.25) is 18.0 Å². The Hall–Kier alpha value is -4.14. The summed E-state index contributed by atoms with van der Waals surface area (Å²) < 4.78 is 16.8. The van der Waals surface area contributed by atoms with E-state index in [0.29, 0.717) is 10.9 Å². The van der Waals surface area contributed by atoms with Crippen LogP contribution < -0.4 is 10.4 Å². The van der Waals surface area contributed by atoms with Crippen LogP contribution in [0.25, 0.3) is 11.0 Å². The molecule has 0 aliphatic carbocycles. The number of hydrogen-bond donors (Lipinski definition) is 1. The van der Waals surface area contributed by atoms with Crippen LogP contribution >= 0.6 is 0 Å². The number of nitrogens with zero attached hydrogens (tertiary/aromatic N) is 2. The second-order valence-electron chi connectivity index (χ2n) is 6.85. The van der Waals surface area contributed by atoms with Gasteiger partial charge in [0.1, 0.15) is 22.6 Å². The molecule has 0 bridgehead atoms. The standard InChI is InChI=1S/C22H18N2O7/c1-12(25)19-20(16-5-3-4-6-17(16)30-22(19)28)29-11-18-23-24(13(2)26)21(31-18)14-7-9-15(27)10-8-14/h3-10,21,27H,11H2,1-2H3. The smallest absolute Gasteiger partial charge is 0.351 e. The minimum absolute atomic E-state index is 0.0631. The van der Waals surface area contributed by atoms with E-state index in [9.17, 15) is 19.5 Å². The van der Waals surface area contributed by atoms with Crippen molar-refractivity contribution in [3.8, 4) is 11.5 Å². The van der Waals surface area contributed by atoms with Crippen LogP contribution in [-0.2, 0) is 9.53 Å². The van der Waals surface area contributed by atoms with Crippen molar-refractivity contribution >= 4 is 28.6 Å². The molecule has 2 aromatic carbocycles. The summed E-state index contributed by atoms with van der Waals surface area (Å²) in [6.07, 6.45) is -0.832. The fourth-order valence-corrected chi connectivity index (χ4v) is 3.23. The highest BCUT2D eigenvalue weighted by Gasteiger charge is 2.33. The lowest BCUT2D eigenvalue weighted by molar-refractivity contribution is -0.135. The SMILES string of the molecule is CC(=O)c1c(OCC2=NN(C(C)=O)C(c3ccc(O)cc3)O2)c2ccccc2oc1=O. The Balaban J connectivity index is 1.64. The number of fused-ring (bicyclic) bond motifs is 1. The predicted molar refractivity (Wildman–Crippen MR) is 110 cm³/mol. The normalized spacial score (nSPS) is 15.5. The average molecular weight is 422 g/mol. The van der Waals surface area contributed by atoms with Crippen LogP contribution in [0.3, 0.4) is 0 Å². The lowest BCUT2D eigenvalue weighted by Crippen LogP contribution is -2.25. The molecule has 31 heavy (non-hydrogen) atoms. The number of Topliss-reactive ketones (excluding diaryl/α,β-unsaturated/α-hetero) is 1. The average Bonchev–Trinajstić information content (AvgIpc) is 3.16. The fourth-order valence-electron chi connectivity index (χ4n) is 3.23. The number of ketones is 1. The minimum Gasteiger partial charge on any atom is -0.508 e. The van der Waals surface area contributed by atoms with Gasteiger partial charge in [0.15, 0.2) is 12.4 Å². The number of carbonyl (C=O) groups is 2. The molecule has 1 atom stereocenters. The van der Waals surface area contributed by atoms with Crippen molar-refractivity contribution in [2.45, 2.75) is 20.1 Å². The van der Waals surface area contributed by atoms with E-state index in [4.69, 9.17) is 13.9 Å². The fraction of sp³-hybridized carbons (Fsp3) is 0.182. The molecule has 1 aliphatic heterocycles. The van der Waals surface area contributed by atoms with E-state index in [1.165, 1.54) is 26.0 Å². The number of carbonyl (C=O) groups excluding carboxylic acids is 2. The van der Waals surface area contributed by atoms with Gasteiger partial charge in [-0.15, -0.1) is 5.10 Å². The summed E-state index contributed by atoms with van der Waals surface area (Å²) in [6.45, 7) is 2.36. The van der Waals surface area contributed by atoms with Gasteiger partial charge in [0.05, 0.1) is 5.39 Å². The lowest BCUT2D eigenvalue weighted by Gasteiger charge is -2.19. The number of hydrazone groups is 1. The molecule has 4 rings (SSSR count). The number of para-hydroxylation sites is 1. The number of aromatic hydroxyl groups is 1. The molecule has 0 radical (unpaired) electrons. The third-order valence-corrected chi connectivity index (χ3v) is 4.65. The van der Waals surface area contributed by atoms with Crippen LogP contribution in [0, 0.1) is 0 Å². The third-order valence-electron chi connectivity index (χ3n) is 4.65. The van der Waals surface area contributed by atoms with E-state index in [0.717, 1.165) is 5.01 Å². The third kappa shape index (κ3) is 3.85. The van der Waals surface area contributed by atoms with Gasteiger partial charge in [-0.1, -0.05) is 12.1 Å². The van der Waals surface area contributed by atoms with Crippen molar-refractivity contribution < 1.29 is 28.6 Å². The molecule has 0 saturated carbocycles. The van der Waals surface area contributed by atoms with Crippen LogP contribution in [0.2, 0.25) is 0 Å². The zero-order chi connectivity index (χ0) is 22.1. The monoisotopic (exact) mass is 422 g/mol. The summed E-state index contributed by atoms with van der Waals surface area (Å²) in [5, 5.41) is 15.2. The summed E-state index contributed by atoms with van der Waals surface area (Å²) in [7, 11) is 0. The Kier molecular flexibility index (Phi) is 5.16. The molecular weight excluding hydrogens is 404 g/mol. The van der Waals surface area contributed by atoms with E-state index in [2.05, 4.69) is 5.10 Å². The number of ether oxygens (including phenoxy) is 2. The molecule has 3 aromatic rings. The van der Waals surface area contributed by atoms with E-state index < -0.39 is 17.6 Å². The first-order valence-electron chi connectivity index (χ1n) is 9.37. The Bertz CT molecular complexity index is 1260. The zero-order valence-corrected chi connectivity index (χ0v) is 16.7. The van der Waals surface area contributed by atoms with Crippen molar-refractivity contribution in [3.63, 3.8) is 0 Å². The van der Waals surface area contributed by atoms with Crippen molar-refractivity contribution in [3.05, 3.63) is 70.1 Å². The first-order chi connectivity index (χ1) is 14.8. The van der Waals surface area contributed by atoms with Gasteiger partial charge in [0, 0.05) is 12.5 Å². The van der Waals surface area contributed by atoms with Gasteiger partial charge >= 0.3 is 5.63 Å². The van der Waals surface area contributed by atoms with Gasteiger partial charge < -0.3 is 19.0 Å². The largest absolute Gasteiger partial charge is 0.508 e. The highest BCUT2D eigenvalue weighted by atomic mass is 16.6. The molecule has 0 saturated heterocycles. The maximum Gasteiger partial charge on any atom is 0.351 e. The van der Waals surface area contributed by atoms with Crippen molar-refractivity contribution in [1.29, 1.82) is 0 Å². The van der Waals surface area contributed by atoms with Gasteiger partial charge in [-0.25, -0.2) is 4.79 Å². The first-order valence-corrected chi connectivity index (χ1v) is 9.37. The number of phenols is 1. The number of rotatable bonds is 5. The van der Waals surface area contributed by atoms with Gasteiger partial charge in [-0.05, 0) is 43.3 Å². The highest BCUT2D eigenvalue weighted by molar-refractivity contribution is 6.01. The summed E-state index contributed by atoms with van der Waals surface area (Å²) >= 11 is 0. The first kappa shape index (κ1) is 20.1. The maximum atomic E-state index is 12.3. The Morgan fingerprint density at radius 3 is 2.52 bits per heavy atom. The van der Waals surface area contributed by atoms with E-state index >= 15 is 0 Å². The molecule has 9 heteroatoms. The summed E-state index contributed by atoms with van der Waals surface area (Å²) in [5.41, 5.74) is -0.144. The highest BCUT2D eigenvalue weighted by Crippen LogP contribution is 2.31. The topological polar surface area (TPSA) is 119 Å². The summed E-state index contributed by atoms with van der Waals surface area (Å²) in [5.74, 6) is -0.639. The molecule has 1 N–H and O–H groups in total. The van der Waals surface area contributed by atoms with Gasteiger partial charge in [-0.3, -0.25) is 9.59 Å². The number of phenolic OH excluding ortho intramolecular Hbond substituents is 1. The lowest BCUT2D eigenvalue weighted by atomic mass is 10.1. The van der Waals surface area contributed by atoms with Crippen molar-refractivity contribution in [2.24, 2.45) is 5.10 Å².